The number of rotatable bonds is 5. The molecule has 0 spiro atoms. The van der Waals surface area contributed by atoms with E-state index in [4.69, 9.17) is 0 Å². The van der Waals surface area contributed by atoms with E-state index in [0.29, 0.717) is 11.4 Å². The second kappa shape index (κ2) is 7.68. The number of carbonyl (C=O) groups is 1. The SMILES string of the molecule is CNC(=O)c1cccnc1NCCC1=CCCCCC1. The highest BCUT2D eigenvalue weighted by Crippen LogP contribution is 2.20. The third-order valence-electron chi connectivity index (χ3n) is 3.65. The quantitative estimate of drug-likeness (QED) is 0.810. The maximum absolute atomic E-state index is 11.7. The Labute approximate surface area is 120 Å². The molecule has 4 heteroatoms. The Bertz CT molecular complexity index is 482. The van der Waals surface area contributed by atoms with Crippen LogP contribution in [0, 0.1) is 0 Å². The lowest BCUT2D eigenvalue weighted by atomic mass is 10.1. The first-order chi connectivity index (χ1) is 9.81. The lowest BCUT2D eigenvalue weighted by Crippen LogP contribution is -2.20. The minimum absolute atomic E-state index is 0.103. The van der Waals surface area contributed by atoms with Crippen molar-refractivity contribution < 1.29 is 4.79 Å². The molecule has 0 fully saturated rings. The van der Waals surface area contributed by atoms with Gasteiger partial charge in [-0.1, -0.05) is 18.1 Å². The summed E-state index contributed by atoms with van der Waals surface area (Å²) in [4.78, 5) is 16.0. The molecule has 1 aliphatic rings. The normalized spacial score (nSPS) is 15.2. The number of pyridine rings is 1. The second-order valence-corrected chi connectivity index (χ2v) is 5.12. The van der Waals surface area contributed by atoms with Crippen molar-refractivity contribution in [2.45, 2.75) is 38.5 Å². The minimum atomic E-state index is -0.103. The van der Waals surface area contributed by atoms with E-state index in [1.807, 2.05) is 0 Å². The summed E-state index contributed by atoms with van der Waals surface area (Å²) in [6.07, 6.45) is 11.5. The topological polar surface area (TPSA) is 54.0 Å². The van der Waals surface area contributed by atoms with E-state index in [0.717, 1.165) is 13.0 Å². The average molecular weight is 273 g/mol. The van der Waals surface area contributed by atoms with Gasteiger partial charge in [0.05, 0.1) is 5.56 Å². The average Bonchev–Trinajstić information content (AvgIpc) is 2.76. The molecule has 1 heterocycles. The van der Waals surface area contributed by atoms with Gasteiger partial charge in [-0.15, -0.1) is 0 Å². The summed E-state index contributed by atoms with van der Waals surface area (Å²) in [5.41, 5.74) is 2.14. The van der Waals surface area contributed by atoms with Crippen LogP contribution in [0.2, 0.25) is 0 Å². The Balaban J connectivity index is 1.90. The number of nitrogens with one attached hydrogen (secondary N) is 2. The Morgan fingerprint density at radius 1 is 1.35 bits per heavy atom. The number of hydrogen-bond acceptors (Lipinski definition) is 3. The Morgan fingerprint density at radius 2 is 2.25 bits per heavy atom. The van der Waals surface area contributed by atoms with Crippen LogP contribution >= 0.6 is 0 Å². The van der Waals surface area contributed by atoms with Crippen LogP contribution in [0.4, 0.5) is 5.82 Å². The molecular formula is C16H23N3O. The first-order valence-corrected chi connectivity index (χ1v) is 7.40. The van der Waals surface area contributed by atoms with Crippen molar-refractivity contribution in [3.63, 3.8) is 0 Å². The number of aromatic nitrogens is 1. The molecule has 0 aromatic carbocycles. The number of allylic oxidation sites excluding steroid dienone is 1. The number of hydrogen-bond donors (Lipinski definition) is 2. The summed E-state index contributed by atoms with van der Waals surface area (Å²) >= 11 is 0. The molecular weight excluding hydrogens is 250 g/mol. The molecule has 2 rings (SSSR count). The van der Waals surface area contributed by atoms with Crippen molar-refractivity contribution in [3.8, 4) is 0 Å². The van der Waals surface area contributed by atoms with Gasteiger partial charge in [0, 0.05) is 19.8 Å². The van der Waals surface area contributed by atoms with Gasteiger partial charge in [-0.2, -0.15) is 0 Å². The van der Waals surface area contributed by atoms with E-state index < -0.39 is 0 Å². The number of carbonyl (C=O) groups excluding carboxylic acids is 1. The highest BCUT2D eigenvalue weighted by Gasteiger charge is 2.10. The highest BCUT2D eigenvalue weighted by atomic mass is 16.1. The van der Waals surface area contributed by atoms with Crippen molar-refractivity contribution in [1.82, 2.24) is 10.3 Å². The zero-order valence-corrected chi connectivity index (χ0v) is 12.1. The summed E-state index contributed by atoms with van der Waals surface area (Å²) in [5, 5.41) is 5.92. The maximum Gasteiger partial charge on any atom is 0.254 e. The van der Waals surface area contributed by atoms with Crippen LogP contribution in [0.25, 0.3) is 0 Å². The predicted octanol–water partition coefficient (Wildman–Crippen LogP) is 3.13. The molecule has 0 unspecified atom stereocenters. The molecule has 1 aromatic rings. The van der Waals surface area contributed by atoms with E-state index in [-0.39, 0.29) is 5.91 Å². The molecule has 0 saturated carbocycles. The predicted molar refractivity (Wildman–Crippen MR) is 81.9 cm³/mol. The van der Waals surface area contributed by atoms with Crippen molar-refractivity contribution in [1.29, 1.82) is 0 Å². The van der Waals surface area contributed by atoms with Crippen LogP contribution < -0.4 is 10.6 Å². The van der Waals surface area contributed by atoms with Crippen LogP contribution in [0.3, 0.4) is 0 Å². The summed E-state index contributed by atoms with van der Waals surface area (Å²) in [6.45, 7) is 0.826. The molecule has 4 nitrogen and oxygen atoms in total. The minimum Gasteiger partial charge on any atom is -0.369 e. The van der Waals surface area contributed by atoms with E-state index in [2.05, 4.69) is 21.7 Å². The van der Waals surface area contributed by atoms with E-state index >= 15 is 0 Å². The third kappa shape index (κ3) is 4.08. The smallest absolute Gasteiger partial charge is 0.254 e. The molecule has 0 atom stereocenters. The van der Waals surface area contributed by atoms with Crippen LogP contribution in [0.5, 0.6) is 0 Å². The molecule has 0 radical (unpaired) electrons. The van der Waals surface area contributed by atoms with Crippen LogP contribution in [-0.4, -0.2) is 24.5 Å². The summed E-state index contributed by atoms with van der Waals surface area (Å²) in [5.74, 6) is 0.565. The van der Waals surface area contributed by atoms with Gasteiger partial charge in [0.1, 0.15) is 5.82 Å². The number of anilines is 1. The van der Waals surface area contributed by atoms with Gasteiger partial charge in [-0.05, 0) is 44.2 Å². The van der Waals surface area contributed by atoms with Crippen molar-refractivity contribution in [3.05, 3.63) is 35.5 Å². The molecule has 108 valence electrons. The van der Waals surface area contributed by atoms with Gasteiger partial charge in [-0.25, -0.2) is 4.98 Å². The Hall–Kier alpha value is -1.84. The Morgan fingerprint density at radius 3 is 3.10 bits per heavy atom. The van der Waals surface area contributed by atoms with Crippen LogP contribution in [0.1, 0.15) is 48.9 Å². The van der Waals surface area contributed by atoms with Gasteiger partial charge >= 0.3 is 0 Å². The zero-order valence-electron chi connectivity index (χ0n) is 12.1. The molecule has 0 aliphatic heterocycles. The fourth-order valence-corrected chi connectivity index (χ4v) is 2.51. The second-order valence-electron chi connectivity index (χ2n) is 5.12. The standard InChI is InChI=1S/C16H23N3O/c1-17-16(20)14-9-6-11-18-15(14)19-12-10-13-7-4-2-3-5-8-13/h6-7,9,11H,2-5,8,10,12H2,1H3,(H,17,20)(H,18,19). The first kappa shape index (κ1) is 14.6. The third-order valence-corrected chi connectivity index (χ3v) is 3.65. The van der Waals surface area contributed by atoms with E-state index in [1.54, 1.807) is 25.4 Å². The molecule has 1 aliphatic carbocycles. The van der Waals surface area contributed by atoms with Crippen LogP contribution in [0.15, 0.2) is 30.0 Å². The van der Waals surface area contributed by atoms with Gasteiger partial charge in [0.2, 0.25) is 0 Å². The molecule has 0 saturated heterocycles. The zero-order chi connectivity index (χ0) is 14.2. The van der Waals surface area contributed by atoms with E-state index in [9.17, 15) is 4.79 Å². The molecule has 1 amide bonds. The van der Waals surface area contributed by atoms with Gasteiger partial charge in [-0.3, -0.25) is 4.79 Å². The van der Waals surface area contributed by atoms with Crippen molar-refractivity contribution in [2.75, 3.05) is 18.9 Å². The summed E-state index contributed by atoms with van der Waals surface area (Å²) < 4.78 is 0. The highest BCUT2D eigenvalue weighted by molar-refractivity contribution is 5.98. The van der Waals surface area contributed by atoms with Crippen molar-refractivity contribution in [2.24, 2.45) is 0 Å². The fraction of sp³-hybridized carbons (Fsp3) is 0.500. The molecule has 1 aromatic heterocycles. The summed E-state index contributed by atoms with van der Waals surface area (Å²) in [7, 11) is 1.63. The van der Waals surface area contributed by atoms with Gasteiger partial charge in [0.15, 0.2) is 0 Å². The monoisotopic (exact) mass is 273 g/mol. The van der Waals surface area contributed by atoms with Gasteiger partial charge < -0.3 is 10.6 Å². The van der Waals surface area contributed by atoms with E-state index in [1.165, 1.54) is 37.7 Å². The molecule has 20 heavy (non-hydrogen) atoms. The first-order valence-electron chi connectivity index (χ1n) is 7.40. The van der Waals surface area contributed by atoms with Gasteiger partial charge in [0.25, 0.3) is 5.91 Å². The van der Waals surface area contributed by atoms with Crippen molar-refractivity contribution >= 4 is 11.7 Å². The fourth-order valence-electron chi connectivity index (χ4n) is 2.51. The summed E-state index contributed by atoms with van der Waals surface area (Å²) in [6, 6.07) is 3.57. The lowest BCUT2D eigenvalue weighted by molar-refractivity contribution is 0.0963. The largest absolute Gasteiger partial charge is 0.369 e. The molecule has 2 N–H and O–H groups in total. The number of nitrogens with zero attached hydrogens (tertiary/aromatic N) is 1. The Kier molecular flexibility index (Phi) is 5.59. The maximum atomic E-state index is 11.7. The van der Waals surface area contributed by atoms with Crippen LogP contribution in [-0.2, 0) is 0 Å². The molecule has 0 bridgehead atoms. The lowest BCUT2D eigenvalue weighted by Gasteiger charge is -2.11. The number of amides is 1.